The van der Waals surface area contributed by atoms with Gasteiger partial charge in [-0.1, -0.05) is 6.07 Å². The van der Waals surface area contributed by atoms with Crippen molar-refractivity contribution in [2.24, 2.45) is 0 Å². The first-order valence-corrected chi connectivity index (χ1v) is 10.3. The Kier molecular flexibility index (Phi) is 5.42. The van der Waals surface area contributed by atoms with Gasteiger partial charge in [-0.25, -0.2) is 13.2 Å². The zero-order valence-corrected chi connectivity index (χ0v) is 16.8. The molecule has 0 spiro atoms. The molecule has 0 atom stereocenters. The maximum absolute atomic E-state index is 12.9. The fraction of sp³-hybridized carbons (Fsp3) is 0.300. The van der Waals surface area contributed by atoms with Crippen LogP contribution >= 0.6 is 0 Å². The molecule has 2 aromatic rings. The first-order chi connectivity index (χ1) is 13.2. The molecule has 8 heteroatoms. The predicted molar refractivity (Wildman–Crippen MR) is 106 cm³/mol. The molecule has 0 fully saturated rings. The minimum Gasteiger partial charge on any atom is -0.465 e. The quantitative estimate of drug-likeness (QED) is 0.794. The van der Waals surface area contributed by atoms with Gasteiger partial charge in [0.15, 0.2) is 0 Å². The molecule has 3 rings (SSSR count). The van der Waals surface area contributed by atoms with Crippen molar-refractivity contribution in [3.63, 3.8) is 0 Å². The van der Waals surface area contributed by atoms with Crippen molar-refractivity contribution in [3.05, 3.63) is 53.1 Å². The van der Waals surface area contributed by atoms with Crippen molar-refractivity contribution >= 4 is 33.3 Å². The Morgan fingerprint density at radius 3 is 2.61 bits per heavy atom. The molecule has 28 heavy (non-hydrogen) atoms. The molecular weight excluding hydrogens is 380 g/mol. The molecule has 1 amide bonds. The maximum atomic E-state index is 12.9. The van der Waals surface area contributed by atoms with Crippen molar-refractivity contribution in [2.45, 2.75) is 31.6 Å². The zero-order chi connectivity index (χ0) is 20.5. The highest BCUT2D eigenvalue weighted by atomic mass is 32.2. The van der Waals surface area contributed by atoms with Crippen LogP contribution in [-0.2, 0) is 26.0 Å². The molecular formula is C20H22N2O5S. The van der Waals surface area contributed by atoms with Crippen LogP contribution in [0.2, 0.25) is 0 Å². The average Bonchev–Trinajstić information content (AvgIpc) is 2.67. The number of carbonyl (C=O) groups is 2. The van der Waals surface area contributed by atoms with E-state index in [1.807, 2.05) is 0 Å². The first-order valence-electron chi connectivity index (χ1n) is 8.86. The van der Waals surface area contributed by atoms with E-state index in [4.69, 9.17) is 4.74 Å². The molecule has 1 N–H and O–H groups in total. The number of anilines is 2. The lowest BCUT2D eigenvalue weighted by atomic mass is 10.0. The fourth-order valence-electron chi connectivity index (χ4n) is 3.35. The van der Waals surface area contributed by atoms with Gasteiger partial charge in [0.2, 0.25) is 5.91 Å². The van der Waals surface area contributed by atoms with Gasteiger partial charge in [0.25, 0.3) is 10.0 Å². The number of hydrogen-bond acceptors (Lipinski definition) is 5. The van der Waals surface area contributed by atoms with Gasteiger partial charge in [-0.15, -0.1) is 0 Å². The van der Waals surface area contributed by atoms with Crippen LogP contribution in [0, 0.1) is 6.92 Å². The van der Waals surface area contributed by atoms with E-state index in [9.17, 15) is 18.0 Å². The number of rotatable bonds is 4. The number of esters is 1. The largest absolute Gasteiger partial charge is 0.465 e. The predicted octanol–water partition coefficient (Wildman–Crippen LogP) is 2.88. The van der Waals surface area contributed by atoms with E-state index in [1.54, 1.807) is 42.2 Å². The molecule has 0 radical (unpaired) electrons. The number of nitrogens with zero attached hydrogens (tertiary/aromatic N) is 1. The molecule has 0 aromatic heterocycles. The molecule has 1 aliphatic heterocycles. The van der Waals surface area contributed by atoms with Crippen molar-refractivity contribution in [3.8, 4) is 0 Å². The second-order valence-electron chi connectivity index (χ2n) is 6.64. The Bertz CT molecular complexity index is 1050. The molecule has 1 heterocycles. The monoisotopic (exact) mass is 402 g/mol. The number of sulfonamides is 1. The average molecular weight is 402 g/mol. The summed E-state index contributed by atoms with van der Waals surface area (Å²) in [4.78, 5) is 25.4. The number of methoxy groups -OCH3 is 1. The third kappa shape index (κ3) is 3.73. The number of carbonyl (C=O) groups excluding carboxylic acids is 2. The second kappa shape index (κ2) is 7.63. The lowest BCUT2D eigenvalue weighted by molar-refractivity contribution is -0.116. The summed E-state index contributed by atoms with van der Waals surface area (Å²) in [5.74, 6) is -0.596. The molecule has 7 nitrogen and oxygen atoms in total. The van der Waals surface area contributed by atoms with Crippen molar-refractivity contribution in [1.29, 1.82) is 0 Å². The number of amides is 1. The number of hydrogen-bond donors (Lipinski definition) is 1. The summed E-state index contributed by atoms with van der Waals surface area (Å²) in [7, 11) is -2.59. The van der Waals surface area contributed by atoms with Crippen LogP contribution in [0.4, 0.5) is 11.4 Å². The summed E-state index contributed by atoms with van der Waals surface area (Å²) in [6.07, 6.45) is 1.49. The van der Waals surface area contributed by atoms with E-state index < -0.39 is 16.0 Å². The standard InChI is InChI=1S/C20H22N2O5S/c1-13-17(20(24)27-3)7-4-8-18(13)21-28(25,26)16-9-10-19-15(12-16)6-5-11-22(19)14(2)23/h4,7-10,12,21H,5-6,11H2,1-3H3. The minimum atomic E-state index is -3.86. The number of aryl methyl sites for hydroxylation is 1. The minimum absolute atomic E-state index is 0.0649. The van der Waals surface area contributed by atoms with E-state index in [0.717, 1.165) is 17.7 Å². The Morgan fingerprint density at radius 2 is 1.93 bits per heavy atom. The highest BCUT2D eigenvalue weighted by Crippen LogP contribution is 2.30. The van der Waals surface area contributed by atoms with Gasteiger partial charge in [0.05, 0.1) is 23.3 Å². The first kappa shape index (κ1) is 19.9. The van der Waals surface area contributed by atoms with E-state index in [-0.39, 0.29) is 10.8 Å². The van der Waals surface area contributed by atoms with Crippen LogP contribution in [0.3, 0.4) is 0 Å². The summed E-state index contributed by atoms with van der Waals surface area (Å²) in [6.45, 7) is 3.78. The third-order valence-electron chi connectivity index (χ3n) is 4.84. The molecule has 1 aliphatic rings. The van der Waals surface area contributed by atoms with Crippen LogP contribution in [-0.4, -0.2) is 33.9 Å². The van der Waals surface area contributed by atoms with Crippen molar-refractivity contribution in [2.75, 3.05) is 23.3 Å². The zero-order valence-electron chi connectivity index (χ0n) is 16.0. The molecule has 0 saturated carbocycles. The summed E-state index contributed by atoms with van der Waals surface area (Å²) < 4.78 is 33.1. The Morgan fingerprint density at radius 1 is 1.18 bits per heavy atom. The van der Waals surface area contributed by atoms with Gasteiger partial charge in [0.1, 0.15) is 0 Å². The number of fused-ring (bicyclic) bond motifs is 1. The number of ether oxygens (including phenoxy) is 1. The molecule has 0 aliphatic carbocycles. The SMILES string of the molecule is COC(=O)c1cccc(NS(=O)(=O)c2ccc3c(c2)CCCN3C(C)=O)c1C. The van der Waals surface area contributed by atoms with Gasteiger partial charge in [-0.05, 0) is 61.2 Å². The number of benzene rings is 2. The normalized spacial score (nSPS) is 13.6. The summed E-state index contributed by atoms with van der Waals surface area (Å²) in [5, 5.41) is 0. The molecule has 148 valence electrons. The lowest BCUT2D eigenvalue weighted by Gasteiger charge is -2.28. The van der Waals surface area contributed by atoms with E-state index >= 15 is 0 Å². The Balaban J connectivity index is 1.95. The third-order valence-corrected chi connectivity index (χ3v) is 6.21. The summed E-state index contributed by atoms with van der Waals surface area (Å²) >= 11 is 0. The van der Waals surface area contributed by atoms with Crippen molar-refractivity contribution in [1.82, 2.24) is 0 Å². The van der Waals surface area contributed by atoms with E-state index in [2.05, 4.69) is 4.72 Å². The summed E-state index contributed by atoms with van der Waals surface area (Å²) in [6, 6.07) is 9.52. The summed E-state index contributed by atoms with van der Waals surface area (Å²) in [5.41, 5.74) is 2.67. The Labute approximate surface area is 164 Å². The van der Waals surface area contributed by atoms with Gasteiger partial charge >= 0.3 is 5.97 Å². The van der Waals surface area contributed by atoms with Gasteiger partial charge in [-0.2, -0.15) is 0 Å². The van der Waals surface area contributed by atoms with Crippen LogP contribution in [0.5, 0.6) is 0 Å². The van der Waals surface area contributed by atoms with Gasteiger partial charge in [-0.3, -0.25) is 9.52 Å². The molecule has 0 unspecified atom stereocenters. The van der Waals surface area contributed by atoms with E-state index in [1.165, 1.54) is 20.1 Å². The second-order valence-corrected chi connectivity index (χ2v) is 8.32. The van der Waals surface area contributed by atoms with Crippen LogP contribution in [0.25, 0.3) is 0 Å². The van der Waals surface area contributed by atoms with Crippen LogP contribution in [0.1, 0.15) is 34.8 Å². The van der Waals surface area contributed by atoms with Gasteiger partial charge < -0.3 is 9.64 Å². The lowest BCUT2D eigenvalue weighted by Crippen LogP contribution is -2.33. The Hall–Kier alpha value is -2.87. The molecule has 0 saturated heterocycles. The van der Waals surface area contributed by atoms with Crippen LogP contribution in [0.15, 0.2) is 41.3 Å². The maximum Gasteiger partial charge on any atom is 0.338 e. The van der Waals surface area contributed by atoms with E-state index in [0.29, 0.717) is 29.8 Å². The van der Waals surface area contributed by atoms with Crippen LogP contribution < -0.4 is 9.62 Å². The topological polar surface area (TPSA) is 92.8 Å². The van der Waals surface area contributed by atoms with Gasteiger partial charge in [0, 0.05) is 19.2 Å². The highest BCUT2D eigenvalue weighted by molar-refractivity contribution is 7.92. The molecule has 2 aromatic carbocycles. The molecule has 0 bridgehead atoms. The smallest absolute Gasteiger partial charge is 0.338 e. The van der Waals surface area contributed by atoms with Crippen molar-refractivity contribution < 1.29 is 22.7 Å². The fourth-order valence-corrected chi connectivity index (χ4v) is 4.52. The highest BCUT2D eigenvalue weighted by Gasteiger charge is 2.24. The number of nitrogens with one attached hydrogen (secondary N) is 1.